The molecule has 1 aromatic carbocycles. The van der Waals surface area contributed by atoms with Crippen molar-refractivity contribution in [2.45, 2.75) is 33.2 Å². The molecule has 2 rings (SSSR count). The van der Waals surface area contributed by atoms with Gasteiger partial charge in [-0.25, -0.2) is 4.68 Å². The van der Waals surface area contributed by atoms with Crippen LogP contribution in [0.25, 0.3) is 11.3 Å². The lowest BCUT2D eigenvalue weighted by Gasteiger charge is -2.12. The molecule has 0 aliphatic heterocycles. The number of unbranched alkanes of at least 4 members (excludes halogenated alkanes) is 1. The van der Waals surface area contributed by atoms with E-state index in [-0.39, 0.29) is 11.2 Å². The Morgan fingerprint density at radius 2 is 2.05 bits per heavy atom. The SMILES string of the molecule is CCCCn1nc(-c2ccccc2OCC)cc(N)c1=O. The maximum absolute atomic E-state index is 12.0. The van der Waals surface area contributed by atoms with Gasteiger partial charge in [-0.05, 0) is 31.5 Å². The number of aryl methyl sites for hydroxylation is 1. The van der Waals surface area contributed by atoms with Gasteiger partial charge in [-0.1, -0.05) is 25.5 Å². The Labute approximate surface area is 124 Å². The van der Waals surface area contributed by atoms with E-state index in [9.17, 15) is 4.79 Å². The topological polar surface area (TPSA) is 70.1 Å². The van der Waals surface area contributed by atoms with Crippen molar-refractivity contribution in [3.8, 4) is 17.0 Å². The average molecular weight is 287 g/mol. The van der Waals surface area contributed by atoms with E-state index in [1.54, 1.807) is 6.07 Å². The molecular weight excluding hydrogens is 266 g/mol. The number of aromatic nitrogens is 2. The number of anilines is 1. The highest BCUT2D eigenvalue weighted by Gasteiger charge is 2.11. The summed E-state index contributed by atoms with van der Waals surface area (Å²) in [6, 6.07) is 9.24. The average Bonchev–Trinajstić information content (AvgIpc) is 2.49. The van der Waals surface area contributed by atoms with Gasteiger partial charge in [0.2, 0.25) is 0 Å². The first-order valence-electron chi connectivity index (χ1n) is 7.27. The van der Waals surface area contributed by atoms with Crippen molar-refractivity contribution in [2.24, 2.45) is 0 Å². The summed E-state index contributed by atoms with van der Waals surface area (Å²) < 4.78 is 7.06. The molecule has 0 amide bonds. The Morgan fingerprint density at radius 1 is 1.29 bits per heavy atom. The fourth-order valence-electron chi connectivity index (χ4n) is 2.11. The minimum atomic E-state index is -0.235. The van der Waals surface area contributed by atoms with Crippen molar-refractivity contribution in [3.63, 3.8) is 0 Å². The molecule has 21 heavy (non-hydrogen) atoms. The van der Waals surface area contributed by atoms with Gasteiger partial charge in [-0.15, -0.1) is 0 Å². The fourth-order valence-corrected chi connectivity index (χ4v) is 2.11. The third-order valence-corrected chi connectivity index (χ3v) is 3.19. The van der Waals surface area contributed by atoms with Crippen LogP contribution in [0.15, 0.2) is 35.1 Å². The van der Waals surface area contributed by atoms with Crippen molar-refractivity contribution in [1.82, 2.24) is 9.78 Å². The number of benzene rings is 1. The zero-order valence-corrected chi connectivity index (χ0v) is 12.5. The van der Waals surface area contributed by atoms with Crippen molar-refractivity contribution >= 4 is 5.69 Å². The Kier molecular flexibility index (Phi) is 4.98. The predicted molar refractivity (Wildman–Crippen MR) is 84.4 cm³/mol. The molecule has 0 radical (unpaired) electrons. The van der Waals surface area contributed by atoms with Gasteiger partial charge in [0.15, 0.2) is 0 Å². The second kappa shape index (κ2) is 6.92. The molecule has 1 heterocycles. The smallest absolute Gasteiger partial charge is 0.289 e. The van der Waals surface area contributed by atoms with E-state index in [0.29, 0.717) is 18.8 Å². The Morgan fingerprint density at radius 3 is 2.76 bits per heavy atom. The van der Waals surface area contributed by atoms with E-state index in [1.807, 2.05) is 31.2 Å². The third kappa shape index (κ3) is 3.42. The van der Waals surface area contributed by atoms with Crippen molar-refractivity contribution in [1.29, 1.82) is 0 Å². The maximum Gasteiger partial charge on any atom is 0.289 e. The molecule has 5 heteroatoms. The lowest BCUT2D eigenvalue weighted by atomic mass is 10.1. The van der Waals surface area contributed by atoms with Crippen LogP contribution in [0.3, 0.4) is 0 Å². The number of rotatable bonds is 6. The van der Waals surface area contributed by atoms with Crippen LogP contribution in [-0.4, -0.2) is 16.4 Å². The lowest BCUT2D eigenvalue weighted by Crippen LogP contribution is -2.26. The molecule has 0 aliphatic carbocycles. The highest BCUT2D eigenvalue weighted by atomic mass is 16.5. The predicted octanol–water partition coefficient (Wildman–Crippen LogP) is 2.69. The summed E-state index contributed by atoms with van der Waals surface area (Å²) in [5, 5.41) is 4.43. The van der Waals surface area contributed by atoms with Gasteiger partial charge in [0, 0.05) is 12.1 Å². The zero-order valence-electron chi connectivity index (χ0n) is 12.5. The van der Waals surface area contributed by atoms with Gasteiger partial charge in [-0.3, -0.25) is 4.79 Å². The number of ether oxygens (including phenoxy) is 1. The van der Waals surface area contributed by atoms with Crippen molar-refractivity contribution in [2.75, 3.05) is 12.3 Å². The summed E-state index contributed by atoms with van der Waals surface area (Å²) in [6.07, 6.45) is 1.89. The van der Waals surface area contributed by atoms with Crippen LogP contribution in [0.1, 0.15) is 26.7 Å². The Bertz CT molecular complexity index is 665. The van der Waals surface area contributed by atoms with E-state index in [4.69, 9.17) is 10.5 Å². The van der Waals surface area contributed by atoms with E-state index in [2.05, 4.69) is 12.0 Å². The van der Waals surface area contributed by atoms with Gasteiger partial charge in [0.25, 0.3) is 5.56 Å². The standard InChI is InChI=1S/C16H21N3O2/c1-3-5-10-19-16(20)13(17)11-14(18-19)12-8-6-7-9-15(12)21-4-2/h6-9,11H,3-5,10,17H2,1-2H3. The highest BCUT2D eigenvalue weighted by molar-refractivity contribution is 5.68. The number of nitrogen functional groups attached to an aromatic ring is 1. The molecule has 2 N–H and O–H groups in total. The Balaban J connectivity index is 2.49. The largest absolute Gasteiger partial charge is 0.493 e. The van der Waals surface area contributed by atoms with Gasteiger partial charge < -0.3 is 10.5 Å². The molecule has 0 aliphatic rings. The highest BCUT2D eigenvalue weighted by Crippen LogP contribution is 2.28. The van der Waals surface area contributed by atoms with Crippen molar-refractivity contribution < 1.29 is 4.74 Å². The number of nitrogens with two attached hydrogens (primary N) is 1. The number of hydrogen-bond acceptors (Lipinski definition) is 4. The van der Waals surface area contributed by atoms with Gasteiger partial charge in [0.05, 0.1) is 12.3 Å². The van der Waals surface area contributed by atoms with E-state index >= 15 is 0 Å². The normalized spacial score (nSPS) is 10.6. The van der Waals surface area contributed by atoms with Crippen LogP contribution in [0.4, 0.5) is 5.69 Å². The summed E-state index contributed by atoms with van der Waals surface area (Å²) in [5.41, 5.74) is 7.32. The molecular formula is C16H21N3O2. The summed E-state index contributed by atoms with van der Waals surface area (Å²) >= 11 is 0. The summed E-state index contributed by atoms with van der Waals surface area (Å²) in [6.45, 7) is 5.15. The summed E-state index contributed by atoms with van der Waals surface area (Å²) in [7, 11) is 0. The first-order valence-corrected chi connectivity index (χ1v) is 7.27. The summed E-state index contributed by atoms with van der Waals surface area (Å²) in [4.78, 5) is 12.0. The minimum Gasteiger partial charge on any atom is -0.493 e. The number of nitrogens with zero attached hydrogens (tertiary/aromatic N) is 2. The minimum absolute atomic E-state index is 0.211. The molecule has 112 valence electrons. The number of para-hydroxylation sites is 1. The van der Waals surface area contributed by atoms with E-state index in [0.717, 1.165) is 24.2 Å². The molecule has 1 aromatic heterocycles. The molecule has 2 aromatic rings. The second-order valence-electron chi connectivity index (χ2n) is 4.80. The molecule has 5 nitrogen and oxygen atoms in total. The van der Waals surface area contributed by atoms with Crippen LogP contribution in [-0.2, 0) is 6.54 Å². The molecule has 0 saturated heterocycles. The molecule has 0 atom stereocenters. The lowest BCUT2D eigenvalue weighted by molar-refractivity contribution is 0.341. The fraction of sp³-hybridized carbons (Fsp3) is 0.375. The van der Waals surface area contributed by atoms with E-state index < -0.39 is 0 Å². The monoisotopic (exact) mass is 287 g/mol. The molecule has 0 saturated carbocycles. The molecule has 0 spiro atoms. The first-order chi connectivity index (χ1) is 10.2. The van der Waals surface area contributed by atoms with Crippen molar-refractivity contribution in [3.05, 3.63) is 40.7 Å². The second-order valence-corrected chi connectivity index (χ2v) is 4.80. The molecule has 0 fully saturated rings. The molecule has 0 unspecified atom stereocenters. The third-order valence-electron chi connectivity index (χ3n) is 3.19. The first kappa shape index (κ1) is 15.1. The Hall–Kier alpha value is -2.30. The quantitative estimate of drug-likeness (QED) is 0.886. The molecule has 0 bridgehead atoms. The van der Waals surface area contributed by atoms with E-state index in [1.165, 1.54) is 4.68 Å². The van der Waals surface area contributed by atoms with Crippen LogP contribution >= 0.6 is 0 Å². The van der Waals surface area contributed by atoms with Gasteiger partial charge in [0.1, 0.15) is 11.4 Å². The van der Waals surface area contributed by atoms with Crippen LogP contribution in [0.5, 0.6) is 5.75 Å². The van der Waals surface area contributed by atoms with Gasteiger partial charge >= 0.3 is 0 Å². The number of hydrogen-bond donors (Lipinski definition) is 1. The van der Waals surface area contributed by atoms with Crippen LogP contribution < -0.4 is 16.0 Å². The van der Waals surface area contributed by atoms with Gasteiger partial charge in [-0.2, -0.15) is 5.10 Å². The zero-order chi connectivity index (χ0) is 15.2. The van der Waals surface area contributed by atoms with Crippen LogP contribution in [0, 0.1) is 0 Å². The van der Waals surface area contributed by atoms with Crippen LogP contribution in [0.2, 0.25) is 0 Å². The maximum atomic E-state index is 12.0. The summed E-state index contributed by atoms with van der Waals surface area (Å²) in [5.74, 6) is 0.743.